The van der Waals surface area contributed by atoms with Crippen molar-refractivity contribution in [2.75, 3.05) is 0 Å². The normalized spacial score (nSPS) is 9.91. The Balaban J connectivity index is 0.000000188. The van der Waals surface area contributed by atoms with Crippen LogP contribution in [0.25, 0.3) is 0 Å². The van der Waals surface area contributed by atoms with Crippen molar-refractivity contribution in [3.05, 3.63) is 84.8 Å². The SMILES string of the molecule is O=C(O)c1ccco1.[Cl][Ge]([c]1ccccc1)[c]1ccccc1. The molecule has 3 aromatic rings. The minimum absolute atomic E-state index is 0.0231. The van der Waals surface area contributed by atoms with Crippen LogP contribution in [0.3, 0.4) is 0 Å². The number of halogens is 1. The van der Waals surface area contributed by atoms with E-state index in [9.17, 15) is 4.79 Å². The first-order valence-corrected chi connectivity index (χ1v) is 11.4. The average Bonchev–Trinajstić information content (AvgIpc) is 3.11. The molecule has 0 spiro atoms. The van der Waals surface area contributed by atoms with E-state index >= 15 is 0 Å². The molecule has 0 bridgehead atoms. The number of aromatic carboxylic acids is 1. The molecule has 0 aliphatic heterocycles. The number of rotatable bonds is 3. The molecule has 0 aliphatic rings. The maximum atomic E-state index is 9.97. The summed E-state index contributed by atoms with van der Waals surface area (Å²) in [6.07, 6.45) is 1.32. The van der Waals surface area contributed by atoms with Crippen LogP contribution in [-0.2, 0) is 0 Å². The summed E-state index contributed by atoms with van der Waals surface area (Å²) in [6, 6.07) is 23.7. The number of carboxylic acids is 1. The molecule has 111 valence electrons. The molecule has 1 aromatic heterocycles. The summed E-state index contributed by atoms with van der Waals surface area (Å²) in [7, 11) is 6.50. The average molecular weight is 374 g/mol. The topological polar surface area (TPSA) is 50.4 Å². The number of carboxylic acid groups (broad SMARTS) is 1. The number of furan rings is 1. The van der Waals surface area contributed by atoms with Gasteiger partial charge in [0, 0.05) is 0 Å². The third-order valence-electron chi connectivity index (χ3n) is 2.79. The molecule has 0 aliphatic carbocycles. The summed E-state index contributed by atoms with van der Waals surface area (Å²) in [5, 5.41) is 8.18. The second-order valence-electron chi connectivity index (χ2n) is 4.33. The molecule has 0 atom stereocenters. The first-order valence-electron chi connectivity index (χ1n) is 6.58. The van der Waals surface area contributed by atoms with Crippen LogP contribution in [0.15, 0.2) is 83.5 Å². The van der Waals surface area contributed by atoms with Gasteiger partial charge in [-0.3, -0.25) is 0 Å². The Kier molecular flexibility index (Phi) is 6.31. The van der Waals surface area contributed by atoms with Gasteiger partial charge < -0.3 is 9.52 Å². The van der Waals surface area contributed by atoms with E-state index in [4.69, 9.17) is 15.1 Å². The first kappa shape index (κ1) is 16.4. The van der Waals surface area contributed by atoms with Crippen LogP contribution >= 0.6 is 10.0 Å². The molecular formula is C17H14ClGeO3. The molecule has 1 radical (unpaired) electrons. The molecule has 22 heavy (non-hydrogen) atoms. The van der Waals surface area contributed by atoms with Gasteiger partial charge in [0.25, 0.3) is 0 Å². The van der Waals surface area contributed by atoms with Crippen molar-refractivity contribution in [2.45, 2.75) is 0 Å². The van der Waals surface area contributed by atoms with Crippen LogP contribution in [0.4, 0.5) is 0 Å². The van der Waals surface area contributed by atoms with Gasteiger partial charge in [-0.05, 0) is 12.1 Å². The van der Waals surface area contributed by atoms with Crippen LogP contribution < -0.4 is 8.79 Å². The van der Waals surface area contributed by atoms with E-state index in [1.807, 2.05) is 36.4 Å². The molecule has 0 amide bonds. The van der Waals surface area contributed by atoms with Crippen molar-refractivity contribution in [1.29, 1.82) is 0 Å². The zero-order chi connectivity index (χ0) is 15.8. The second kappa shape index (κ2) is 8.46. The monoisotopic (exact) mass is 375 g/mol. The van der Waals surface area contributed by atoms with E-state index < -0.39 is 19.4 Å². The standard InChI is InChI=1S/C12H10ClGe.C5H4O3/c13-14(11-7-3-1-4-8-11)12-9-5-2-6-10-12;6-5(7)4-2-1-3-8-4/h1-10H;1-3H,(H,6,7). The third kappa shape index (κ3) is 4.79. The van der Waals surface area contributed by atoms with Crippen LogP contribution in [0.2, 0.25) is 0 Å². The summed E-state index contributed by atoms with van der Waals surface area (Å²) in [4.78, 5) is 9.97. The molecular weight excluding hydrogens is 360 g/mol. The minimum atomic E-state index is -1.73. The maximum absolute atomic E-state index is 9.97. The number of hydrogen-bond acceptors (Lipinski definition) is 2. The number of hydrogen-bond donors (Lipinski definition) is 1. The molecule has 0 saturated carbocycles. The molecule has 2 aromatic carbocycles. The van der Waals surface area contributed by atoms with Crippen LogP contribution in [0.5, 0.6) is 0 Å². The van der Waals surface area contributed by atoms with Crippen LogP contribution in [0, 0.1) is 0 Å². The van der Waals surface area contributed by atoms with E-state index in [2.05, 4.69) is 28.7 Å². The molecule has 0 saturated heterocycles. The summed E-state index contributed by atoms with van der Waals surface area (Å²) >= 11 is -1.73. The molecule has 3 nitrogen and oxygen atoms in total. The summed E-state index contributed by atoms with van der Waals surface area (Å²) < 4.78 is 7.11. The Morgan fingerprint density at radius 2 is 1.36 bits per heavy atom. The summed E-state index contributed by atoms with van der Waals surface area (Å²) in [5.41, 5.74) is 0. The molecule has 0 unspecified atom stereocenters. The predicted octanol–water partition coefficient (Wildman–Crippen LogP) is 3.01. The second-order valence-corrected chi connectivity index (χ2v) is 10.0. The summed E-state index contributed by atoms with van der Waals surface area (Å²) in [6.45, 7) is 0. The predicted molar refractivity (Wildman–Crippen MR) is 89.4 cm³/mol. The first-order chi connectivity index (χ1) is 10.7. The van der Waals surface area contributed by atoms with Gasteiger partial charge in [-0.1, -0.05) is 0 Å². The Labute approximate surface area is 137 Å². The van der Waals surface area contributed by atoms with Gasteiger partial charge in [0.2, 0.25) is 5.76 Å². The molecule has 3 rings (SSSR count). The van der Waals surface area contributed by atoms with E-state index in [1.165, 1.54) is 27.2 Å². The fraction of sp³-hybridized carbons (Fsp3) is 0. The van der Waals surface area contributed by atoms with Gasteiger partial charge in [-0.15, -0.1) is 0 Å². The molecule has 1 heterocycles. The van der Waals surface area contributed by atoms with E-state index in [-0.39, 0.29) is 5.76 Å². The Morgan fingerprint density at radius 1 is 0.864 bits per heavy atom. The zero-order valence-corrected chi connectivity index (χ0v) is 14.5. The van der Waals surface area contributed by atoms with Crippen molar-refractivity contribution in [3.63, 3.8) is 0 Å². The molecule has 5 heteroatoms. The zero-order valence-electron chi connectivity index (χ0n) is 11.6. The van der Waals surface area contributed by atoms with Gasteiger partial charge in [-0.2, -0.15) is 0 Å². The van der Waals surface area contributed by atoms with Gasteiger partial charge in [0.1, 0.15) is 0 Å². The summed E-state index contributed by atoms with van der Waals surface area (Å²) in [5.74, 6) is -1.06. The van der Waals surface area contributed by atoms with Crippen molar-refractivity contribution >= 4 is 38.2 Å². The fourth-order valence-corrected chi connectivity index (χ4v) is 5.78. The van der Waals surface area contributed by atoms with Crippen molar-refractivity contribution < 1.29 is 14.3 Å². The van der Waals surface area contributed by atoms with Crippen LogP contribution in [0.1, 0.15) is 10.6 Å². The van der Waals surface area contributed by atoms with Gasteiger partial charge in [0.15, 0.2) is 0 Å². The van der Waals surface area contributed by atoms with Crippen molar-refractivity contribution in [2.24, 2.45) is 0 Å². The quantitative estimate of drug-likeness (QED) is 0.717. The van der Waals surface area contributed by atoms with E-state index in [0.29, 0.717) is 0 Å². The number of benzene rings is 2. The molecule has 0 fully saturated rings. The fourth-order valence-electron chi connectivity index (χ4n) is 1.74. The van der Waals surface area contributed by atoms with E-state index in [0.717, 1.165) is 0 Å². The van der Waals surface area contributed by atoms with E-state index in [1.54, 1.807) is 0 Å². The van der Waals surface area contributed by atoms with Gasteiger partial charge >= 0.3 is 98.9 Å². The molecule has 1 N–H and O–H groups in total. The van der Waals surface area contributed by atoms with Crippen LogP contribution in [-0.4, -0.2) is 24.5 Å². The van der Waals surface area contributed by atoms with Crippen molar-refractivity contribution in [3.8, 4) is 0 Å². The Hall–Kier alpha value is -1.98. The van der Waals surface area contributed by atoms with Gasteiger partial charge in [-0.25, -0.2) is 4.79 Å². The van der Waals surface area contributed by atoms with Crippen molar-refractivity contribution in [1.82, 2.24) is 0 Å². The van der Waals surface area contributed by atoms with Gasteiger partial charge in [0.05, 0.1) is 6.26 Å². The number of carbonyl (C=O) groups is 1. The Morgan fingerprint density at radius 3 is 1.68 bits per heavy atom. The third-order valence-corrected chi connectivity index (χ3v) is 8.58. The Bertz CT molecular complexity index is 645.